The monoisotopic (exact) mass is 231 g/mol. The number of nitrogens with zero attached hydrogens (tertiary/aromatic N) is 1. The highest BCUT2D eigenvalue weighted by Crippen LogP contribution is 2.30. The van der Waals surface area contributed by atoms with E-state index in [1.807, 2.05) is 0 Å². The van der Waals surface area contributed by atoms with E-state index in [4.69, 9.17) is 23.2 Å². The summed E-state index contributed by atoms with van der Waals surface area (Å²) in [7, 11) is 0. The highest BCUT2D eigenvalue weighted by molar-refractivity contribution is 6.33. The van der Waals surface area contributed by atoms with Crippen molar-refractivity contribution in [3.8, 4) is 5.75 Å². The van der Waals surface area contributed by atoms with E-state index in [1.165, 1.54) is 0 Å². The molecular weight excluding hydrogens is 230 g/mol. The predicted octanol–water partition coefficient (Wildman–Crippen LogP) is 3.29. The van der Waals surface area contributed by atoms with Crippen LogP contribution in [-0.2, 0) is 0 Å². The Balaban J connectivity index is 2.94. The quantitative estimate of drug-likeness (QED) is 0.693. The molecule has 0 aliphatic rings. The van der Waals surface area contributed by atoms with E-state index in [2.05, 4.69) is 9.72 Å². The molecule has 0 fully saturated rings. The van der Waals surface area contributed by atoms with E-state index < -0.39 is 12.1 Å². The molecule has 0 aliphatic heterocycles. The summed E-state index contributed by atoms with van der Waals surface area (Å²) in [6.07, 6.45) is -3.68. The van der Waals surface area contributed by atoms with E-state index in [0.717, 1.165) is 12.3 Å². The Hall–Kier alpha value is -0.680. The van der Waals surface area contributed by atoms with Gasteiger partial charge in [-0.05, 0) is 0 Å². The van der Waals surface area contributed by atoms with Gasteiger partial charge in [-0.3, -0.25) is 0 Å². The second-order valence-electron chi connectivity index (χ2n) is 1.99. The van der Waals surface area contributed by atoms with Crippen molar-refractivity contribution in [1.29, 1.82) is 0 Å². The van der Waals surface area contributed by atoms with Crippen LogP contribution in [0.5, 0.6) is 5.75 Å². The van der Waals surface area contributed by atoms with Gasteiger partial charge in [0.15, 0.2) is 10.9 Å². The molecule has 0 spiro atoms. The zero-order valence-corrected chi connectivity index (χ0v) is 7.41. The molecule has 0 bridgehead atoms. The van der Waals surface area contributed by atoms with Gasteiger partial charge in [-0.1, -0.05) is 23.2 Å². The Morgan fingerprint density at radius 2 is 1.92 bits per heavy atom. The van der Waals surface area contributed by atoms with Gasteiger partial charge in [-0.2, -0.15) is 0 Å². The third-order valence-corrected chi connectivity index (χ3v) is 1.49. The minimum absolute atomic E-state index is 0.0173. The number of halogens is 5. The van der Waals surface area contributed by atoms with Crippen LogP contribution in [0.25, 0.3) is 0 Å². The van der Waals surface area contributed by atoms with Crippen LogP contribution in [-0.4, -0.2) is 11.3 Å². The summed E-state index contributed by atoms with van der Waals surface area (Å²) < 4.78 is 38.6. The Morgan fingerprint density at radius 3 is 2.46 bits per heavy atom. The molecule has 7 heteroatoms. The second kappa shape index (κ2) is 3.59. The molecule has 1 rings (SSSR count). The number of hydrogen-bond donors (Lipinski definition) is 0. The average molecular weight is 232 g/mol. The van der Waals surface area contributed by atoms with Crippen molar-refractivity contribution in [2.75, 3.05) is 0 Å². The Labute approximate surface area is 81.2 Å². The highest BCUT2D eigenvalue weighted by Gasteiger charge is 2.32. The van der Waals surface area contributed by atoms with Gasteiger partial charge in [0.25, 0.3) is 0 Å². The lowest BCUT2D eigenvalue weighted by molar-refractivity contribution is -0.274. The predicted molar refractivity (Wildman–Crippen MR) is 40.9 cm³/mol. The molecule has 0 aliphatic carbocycles. The maximum atomic E-state index is 11.7. The van der Waals surface area contributed by atoms with Crippen LogP contribution in [0.3, 0.4) is 0 Å². The number of pyridine rings is 1. The van der Waals surface area contributed by atoms with Gasteiger partial charge in [-0.15, -0.1) is 13.2 Å². The van der Waals surface area contributed by atoms with Crippen molar-refractivity contribution in [2.45, 2.75) is 6.36 Å². The minimum Gasteiger partial charge on any atom is -0.402 e. The largest absolute Gasteiger partial charge is 0.573 e. The van der Waals surface area contributed by atoms with Gasteiger partial charge in [0, 0.05) is 12.3 Å². The topological polar surface area (TPSA) is 22.1 Å². The second-order valence-corrected chi connectivity index (χ2v) is 2.78. The maximum absolute atomic E-state index is 11.7. The van der Waals surface area contributed by atoms with Crippen molar-refractivity contribution in [1.82, 2.24) is 4.98 Å². The van der Waals surface area contributed by atoms with E-state index in [0.29, 0.717) is 0 Å². The van der Waals surface area contributed by atoms with Crippen molar-refractivity contribution in [3.05, 3.63) is 22.4 Å². The van der Waals surface area contributed by atoms with Gasteiger partial charge in [-0.25, -0.2) is 4.98 Å². The fourth-order valence-electron chi connectivity index (χ4n) is 0.600. The summed E-state index contributed by atoms with van der Waals surface area (Å²) in [5.74, 6) is -0.610. The fourth-order valence-corrected chi connectivity index (χ4v) is 0.890. The van der Waals surface area contributed by atoms with Crippen LogP contribution in [0.2, 0.25) is 10.2 Å². The third-order valence-electron chi connectivity index (χ3n) is 0.999. The van der Waals surface area contributed by atoms with E-state index in [9.17, 15) is 13.2 Å². The lowest BCUT2D eigenvalue weighted by atomic mass is 10.5. The molecule has 0 unspecified atom stereocenters. The first-order chi connectivity index (χ1) is 5.88. The summed E-state index contributed by atoms with van der Waals surface area (Å²) in [5.41, 5.74) is 0. The molecule has 1 heterocycles. The number of rotatable bonds is 1. The summed E-state index contributed by atoms with van der Waals surface area (Å²) in [6, 6.07) is 0.935. The van der Waals surface area contributed by atoms with Gasteiger partial charge in [0.05, 0.1) is 5.02 Å². The summed E-state index contributed by atoms with van der Waals surface area (Å²) >= 11 is 10.7. The highest BCUT2D eigenvalue weighted by atomic mass is 35.5. The Morgan fingerprint density at radius 1 is 1.31 bits per heavy atom. The molecule has 72 valence electrons. The molecular formula is C6H2Cl2F3NO. The Kier molecular flexibility index (Phi) is 2.87. The fraction of sp³-hybridized carbons (Fsp3) is 0.167. The molecule has 0 N–H and O–H groups in total. The van der Waals surface area contributed by atoms with Gasteiger partial charge < -0.3 is 4.74 Å². The molecule has 1 aromatic heterocycles. The Bertz CT molecular complexity index is 315. The molecule has 0 saturated heterocycles. The van der Waals surface area contributed by atoms with Crippen LogP contribution in [0, 0.1) is 0 Å². The number of hydrogen-bond acceptors (Lipinski definition) is 2. The maximum Gasteiger partial charge on any atom is 0.573 e. The lowest BCUT2D eigenvalue weighted by Crippen LogP contribution is -2.17. The van der Waals surface area contributed by atoms with Crippen LogP contribution in [0.15, 0.2) is 12.3 Å². The molecule has 0 atom stereocenters. The van der Waals surface area contributed by atoms with E-state index in [-0.39, 0.29) is 10.2 Å². The first-order valence-electron chi connectivity index (χ1n) is 2.95. The summed E-state index contributed by atoms with van der Waals surface area (Å²) in [4.78, 5) is 3.37. The van der Waals surface area contributed by atoms with Gasteiger partial charge in [0.2, 0.25) is 0 Å². The molecule has 0 radical (unpaired) electrons. The zero-order chi connectivity index (χ0) is 10.1. The number of ether oxygens (including phenoxy) is 1. The third kappa shape index (κ3) is 3.28. The minimum atomic E-state index is -4.80. The summed E-state index contributed by atoms with van der Waals surface area (Å²) in [5, 5.41) is -0.370. The molecule has 0 aromatic carbocycles. The van der Waals surface area contributed by atoms with E-state index >= 15 is 0 Å². The van der Waals surface area contributed by atoms with Crippen molar-refractivity contribution < 1.29 is 17.9 Å². The average Bonchev–Trinajstić information content (AvgIpc) is 1.94. The van der Waals surface area contributed by atoms with Crippen LogP contribution in [0.4, 0.5) is 13.2 Å². The van der Waals surface area contributed by atoms with Crippen LogP contribution < -0.4 is 4.74 Å². The molecule has 2 nitrogen and oxygen atoms in total. The van der Waals surface area contributed by atoms with Crippen molar-refractivity contribution in [3.63, 3.8) is 0 Å². The number of alkyl halides is 3. The standard InChI is InChI=1S/C6H2Cl2F3NO/c7-3-1-4(5(8)12-2-3)13-6(9,10)11/h1-2H. The van der Waals surface area contributed by atoms with E-state index in [1.54, 1.807) is 0 Å². The number of aromatic nitrogens is 1. The molecule has 1 aromatic rings. The van der Waals surface area contributed by atoms with Crippen LogP contribution in [0.1, 0.15) is 0 Å². The molecule has 13 heavy (non-hydrogen) atoms. The smallest absolute Gasteiger partial charge is 0.402 e. The zero-order valence-electron chi connectivity index (χ0n) is 5.90. The molecule has 0 amide bonds. The van der Waals surface area contributed by atoms with Crippen molar-refractivity contribution >= 4 is 23.2 Å². The summed E-state index contributed by atoms with van der Waals surface area (Å²) in [6.45, 7) is 0. The van der Waals surface area contributed by atoms with Crippen LogP contribution >= 0.6 is 23.2 Å². The SMILES string of the molecule is FC(F)(F)Oc1cc(Cl)cnc1Cl. The van der Waals surface area contributed by atoms with Gasteiger partial charge >= 0.3 is 6.36 Å². The normalized spacial score (nSPS) is 11.5. The molecule has 0 saturated carbocycles. The first kappa shape index (κ1) is 10.4. The first-order valence-corrected chi connectivity index (χ1v) is 3.71. The van der Waals surface area contributed by atoms with Gasteiger partial charge in [0.1, 0.15) is 0 Å². The van der Waals surface area contributed by atoms with Crippen molar-refractivity contribution in [2.24, 2.45) is 0 Å². The lowest BCUT2D eigenvalue weighted by Gasteiger charge is -2.09.